The molecular formula is C9H12Cl2F2N2. The average Bonchev–Trinajstić information content (AvgIpc) is 2.13. The van der Waals surface area contributed by atoms with Gasteiger partial charge in [0.25, 0.3) is 0 Å². The van der Waals surface area contributed by atoms with Crippen LogP contribution < -0.4 is 11.5 Å². The van der Waals surface area contributed by atoms with Gasteiger partial charge in [-0.15, -0.1) is 12.4 Å². The molecule has 0 amide bonds. The largest absolute Gasteiger partial charge is 0.330 e. The van der Waals surface area contributed by atoms with Gasteiger partial charge in [0.05, 0.1) is 5.02 Å². The first-order chi connectivity index (χ1) is 6.57. The second kappa shape index (κ2) is 6.23. The summed E-state index contributed by atoms with van der Waals surface area (Å²) in [5.74, 6) is -1.27. The van der Waals surface area contributed by atoms with E-state index in [1.807, 2.05) is 0 Å². The molecule has 0 fully saturated rings. The molecule has 6 heteroatoms. The highest BCUT2D eigenvalue weighted by Gasteiger charge is 2.17. The van der Waals surface area contributed by atoms with Gasteiger partial charge in [-0.3, -0.25) is 0 Å². The Kier molecular flexibility index (Phi) is 6.05. The van der Waals surface area contributed by atoms with Crippen LogP contribution in [0.2, 0.25) is 5.02 Å². The van der Waals surface area contributed by atoms with Gasteiger partial charge in [-0.25, -0.2) is 8.78 Å². The molecule has 0 saturated heterocycles. The van der Waals surface area contributed by atoms with Crippen LogP contribution in [0.3, 0.4) is 0 Å². The average molecular weight is 257 g/mol. The van der Waals surface area contributed by atoms with E-state index in [-0.39, 0.29) is 23.0 Å². The predicted octanol–water partition coefficient (Wildman–Crippen LogP) is 2.39. The summed E-state index contributed by atoms with van der Waals surface area (Å²) in [6.45, 7) is 0.299. The summed E-state index contributed by atoms with van der Waals surface area (Å²) in [6, 6.07) is 1.31. The van der Waals surface area contributed by atoms with Gasteiger partial charge in [-0.1, -0.05) is 11.6 Å². The zero-order valence-corrected chi connectivity index (χ0v) is 9.42. The number of benzene rings is 1. The number of rotatable bonds is 3. The molecular weight excluding hydrogens is 245 g/mol. The van der Waals surface area contributed by atoms with E-state index in [4.69, 9.17) is 23.1 Å². The van der Waals surface area contributed by atoms with Gasteiger partial charge in [0.2, 0.25) is 0 Å². The van der Waals surface area contributed by atoms with Crippen molar-refractivity contribution in [3.63, 3.8) is 0 Å². The van der Waals surface area contributed by atoms with E-state index in [9.17, 15) is 8.78 Å². The molecule has 1 aromatic carbocycles. The maximum atomic E-state index is 13.2. The van der Waals surface area contributed by atoms with Crippen LogP contribution in [0.25, 0.3) is 0 Å². The van der Waals surface area contributed by atoms with Crippen molar-refractivity contribution in [2.45, 2.75) is 12.5 Å². The van der Waals surface area contributed by atoms with Crippen molar-refractivity contribution in [3.05, 3.63) is 34.4 Å². The van der Waals surface area contributed by atoms with Crippen LogP contribution >= 0.6 is 24.0 Å². The van der Waals surface area contributed by atoms with Crippen molar-refractivity contribution in [1.29, 1.82) is 0 Å². The lowest BCUT2D eigenvalue weighted by atomic mass is 10.0. The Morgan fingerprint density at radius 2 is 1.80 bits per heavy atom. The Bertz CT molecular complexity index is 334. The van der Waals surface area contributed by atoms with Crippen molar-refractivity contribution in [3.8, 4) is 0 Å². The van der Waals surface area contributed by atoms with Crippen LogP contribution in [0.4, 0.5) is 8.78 Å². The summed E-state index contributed by atoms with van der Waals surface area (Å²) in [4.78, 5) is 0. The van der Waals surface area contributed by atoms with Gasteiger partial charge < -0.3 is 11.5 Å². The van der Waals surface area contributed by atoms with Gasteiger partial charge in [-0.05, 0) is 25.1 Å². The molecule has 15 heavy (non-hydrogen) atoms. The van der Waals surface area contributed by atoms with E-state index in [0.29, 0.717) is 13.0 Å². The Hall–Kier alpha value is -0.420. The predicted molar refractivity (Wildman–Crippen MR) is 59.2 cm³/mol. The highest BCUT2D eigenvalue weighted by atomic mass is 35.5. The molecule has 0 unspecified atom stereocenters. The minimum atomic E-state index is -0.671. The Balaban J connectivity index is 0.00000196. The SMILES string of the molecule is Cl.NCC[C@@H](N)c1c(F)ccc(F)c1Cl. The lowest BCUT2D eigenvalue weighted by Gasteiger charge is -2.13. The summed E-state index contributed by atoms with van der Waals surface area (Å²) >= 11 is 5.59. The molecule has 0 aliphatic carbocycles. The molecule has 1 rings (SSSR count). The highest BCUT2D eigenvalue weighted by Crippen LogP contribution is 2.28. The highest BCUT2D eigenvalue weighted by molar-refractivity contribution is 6.31. The van der Waals surface area contributed by atoms with Gasteiger partial charge in [0.1, 0.15) is 11.6 Å². The summed E-state index contributed by atoms with van der Waals surface area (Å²) in [5, 5.41) is -0.258. The first-order valence-corrected chi connectivity index (χ1v) is 4.54. The van der Waals surface area contributed by atoms with Crippen LogP contribution in [0.5, 0.6) is 0 Å². The van der Waals surface area contributed by atoms with Gasteiger partial charge >= 0.3 is 0 Å². The third kappa shape index (κ3) is 3.28. The molecule has 0 aliphatic rings. The van der Waals surface area contributed by atoms with Crippen molar-refractivity contribution in [1.82, 2.24) is 0 Å². The van der Waals surface area contributed by atoms with Crippen LogP contribution in [0.15, 0.2) is 12.1 Å². The second-order valence-electron chi connectivity index (χ2n) is 2.94. The van der Waals surface area contributed by atoms with Gasteiger partial charge in [-0.2, -0.15) is 0 Å². The van der Waals surface area contributed by atoms with E-state index in [1.54, 1.807) is 0 Å². The fourth-order valence-corrected chi connectivity index (χ4v) is 1.50. The molecule has 0 aliphatic heterocycles. The molecule has 0 heterocycles. The molecule has 86 valence electrons. The summed E-state index contributed by atoms with van der Waals surface area (Å²) in [5.41, 5.74) is 10.9. The lowest BCUT2D eigenvalue weighted by Crippen LogP contribution is -2.17. The number of halogens is 4. The normalized spacial score (nSPS) is 12.1. The third-order valence-corrected chi connectivity index (χ3v) is 2.31. The number of hydrogen-bond acceptors (Lipinski definition) is 2. The van der Waals surface area contributed by atoms with Crippen molar-refractivity contribution < 1.29 is 8.78 Å². The Morgan fingerprint density at radius 3 is 2.33 bits per heavy atom. The first kappa shape index (κ1) is 14.6. The van der Waals surface area contributed by atoms with E-state index >= 15 is 0 Å². The lowest BCUT2D eigenvalue weighted by molar-refractivity contribution is 0.551. The fraction of sp³-hybridized carbons (Fsp3) is 0.333. The molecule has 0 bridgehead atoms. The second-order valence-corrected chi connectivity index (χ2v) is 3.32. The molecule has 0 aromatic heterocycles. The minimum absolute atomic E-state index is 0. The topological polar surface area (TPSA) is 52.0 Å². The van der Waals surface area contributed by atoms with E-state index in [0.717, 1.165) is 12.1 Å². The number of nitrogens with two attached hydrogens (primary N) is 2. The maximum Gasteiger partial charge on any atom is 0.142 e. The van der Waals surface area contributed by atoms with Crippen LogP contribution in [0.1, 0.15) is 18.0 Å². The maximum absolute atomic E-state index is 13.2. The van der Waals surface area contributed by atoms with Crippen LogP contribution in [-0.2, 0) is 0 Å². The molecule has 0 spiro atoms. The zero-order chi connectivity index (χ0) is 10.7. The quantitative estimate of drug-likeness (QED) is 0.817. The Morgan fingerprint density at radius 1 is 1.27 bits per heavy atom. The third-order valence-electron chi connectivity index (χ3n) is 1.93. The van der Waals surface area contributed by atoms with E-state index in [2.05, 4.69) is 0 Å². The van der Waals surface area contributed by atoms with Crippen molar-refractivity contribution >= 4 is 24.0 Å². The van der Waals surface area contributed by atoms with Gasteiger partial charge in [0, 0.05) is 11.6 Å². The minimum Gasteiger partial charge on any atom is -0.330 e. The smallest absolute Gasteiger partial charge is 0.142 e. The number of hydrogen-bond donors (Lipinski definition) is 2. The van der Waals surface area contributed by atoms with Crippen molar-refractivity contribution in [2.75, 3.05) is 6.54 Å². The van der Waals surface area contributed by atoms with Crippen LogP contribution in [-0.4, -0.2) is 6.54 Å². The standard InChI is InChI=1S/C9H11ClF2N2.ClH/c10-9-6(12)2-1-5(11)8(9)7(14)3-4-13;/h1-2,7H,3-4,13-14H2;1H/t7-;/m1./s1. The van der Waals surface area contributed by atoms with E-state index in [1.165, 1.54) is 0 Å². The van der Waals surface area contributed by atoms with Crippen LogP contribution in [0, 0.1) is 11.6 Å². The fourth-order valence-electron chi connectivity index (χ4n) is 1.21. The summed E-state index contributed by atoms with van der Waals surface area (Å²) in [6.07, 6.45) is 0.361. The zero-order valence-electron chi connectivity index (χ0n) is 7.84. The summed E-state index contributed by atoms with van der Waals surface area (Å²) in [7, 11) is 0. The van der Waals surface area contributed by atoms with E-state index < -0.39 is 17.7 Å². The van der Waals surface area contributed by atoms with Crippen molar-refractivity contribution in [2.24, 2.45) is 11.5 Å². The molecule has 0 saturated carbocycles. The molecule has 1 atom stereocenters. The molecule has 4 N–H and O–H groups in total. The monoisotopic (exact) mass is 256 g/mol. The first-order valence-electron chi connectivity index (χ1n) is 4.17. The Labute approximate surface area is 98.0 Å². The van der Waals surface area contributed by atoms with Gasteiger partial charge in [0.15, 0.2) is 0 Å². The molecule has 2 nitrogen and oxygen atoms in total. The summed E-state index contributed by atoms with van der Waals surface area (Å²) < 4.78 is 26.2. The molecule has 0 radical (unpaired) electrons. The molecule has 1 aromatic rings.